The van der Waals surface area contributed by atoms with E-state index < -0.39 is 0 Å². The van der Waals surface area contributed by atoms with Gasteiger partial charge in [0.2, 0.25) is 5.91 Å². The molecule has 0 saturated carbocycles. The van der Waals surface area contributed by atoms with Crippen molar-refractivity contribution < 1.29 is 4.79 Å². The zero-order chi connectivity index (χ0) is 11.3. The Kier molecular flexibility index (Phi) is 2.46. The molecule has 4 bridgehead atoms. The van der Waals surface area contributed by atoms with Crippen LogP contribution >= 0.6 is 0 Å². The number of hydrogen-bond acceptors (Lipinski definition) is 2. The van der Waals surface area contributed by atoms with Crippen molar-refractivity contribution in [3.63, 3.8) is 0 Å². The van der Waals surface area contributed by atoms with Crippen LogP contribution in [0.5, 0.6) is 0 Å². The third-order valence-corrected chi connectivity index (χ3v) is 4.36. The number of nitrogens with zero attached hydrogens (tertiary/aromatic N) is 1. The lowest BCUT2D eigenvalue weighted by Crippen LogP contribution is -2.68. The van der Waals surface area contributed by atoms with Crippen LogP contribution in [0.3, 0.4) is 0 Å². The van der Waals surface area contributed by atoms with Crippen molar-refractivity contribution in [2.24, 2.45) is 5.92 Å². The number of nitrogens with one attached hydrogen (secondary N) is 1. The van der Waals surface area contributed by atoms with Crippen molar-refractivity contribution in [3.8, 4) is 0 Å². The second kappa shape index (κ2) is 3.73. The van der Waals surface area contributed by atoms with Crippen LogP contribution in [0.4, 0.5) is 0 Å². The molecule has 4 heterocycles. The smallest absolute Gasteiger partial charge is 0.223 e. The van der Waals surface area contributed by atoms with Gasteiger partial charge in [-0.1, -0.05) is 13.8 Å². The molecule has 1 N–H and O–H groups in total. The van der Waals surface area contributed by atoms with Gasteiger partial charge in [0.25, 0.3) is 0 Å². The molecule has 0 spiro atoms. The van der Waals surface area contributed by atoms with Crippen LogP contribution in [0, 0.1) is 5.92 Å². The maximum atomic E-state index is 12.2. The lowest BCUT2D eigenvalue weighted by Gasteiger charge is -2.57. The van der Waals surface area contributed by atoms with Crippen LogP contribution in [0.1, 0.15) is 46.0 Å². The van der Waals surface area contributed by atoms with Crippen molar-refractivity contribution in [1.82, 2.24) is 10.2 Å². The highest BCUT2D eigenvalue weighted by Gasteiger charge is 2.48. The molecule has 1 amide bonds. The van der Waals surface area contributed by atoms with E-state index in [0.29, 0.717) is 36.0 Å². The van der Waals surface area contributed by atoms with Gasteiger partial charge in [0.1, 0.15) is 0 Å². The quantitative estimate of drug-likeness (QED) is 0.768. The zero-order valence-corrected chi connectivity index (χ0v) is 10.3. The van der Waals surface area contributed by atoms with E-state index in [4.69, 9.17) is 0 Å². The maximum absolute atomic E-state index is 12.2. The molecule has 0 atom stereocenters. The molecule has 90 valence electrons. The molecule has 3 heteroatoms. The highest BCUT2D eigenvalue weighted by molar-refractivity contribution is 5.77. The first-order valence-corrected chi connectivity index (χ1v) is 6.70. The van der Waals surface area contributed by atoms with Crippen molar-refractivity contribution in [1.29, 1.82) is 0 Å². The van der Waals surface area contributed by atoms with E-state index in [1.807, 2.05) is 0 Å². The normalized spacial score (nSPS) is 40.8. The Labute approximate surface area is 97.6 Å². The first-order chi connectivity index (χ1) is 7.63. The Hall–Kier alpha value is -0.570. The predicted octanol–water partition coefficient (Wildman–Crippen LogP) is 1.53. The minimum absolute atomic E-state index is 0.406. The first-order valence-electron chi connectivity index (χ1n) is 6.70. The van der Waals surface area contributed by atoms with E-state index in [1.165, 1.54) is 25.7 Å². The van der Waals surface area contributed by atoms with Crippen LogP contribution in [-0.2, 0) is 4.79 Å². The minimum Gasteiger partial charge on any atom is -0.336 e. The second-order valence-corrected chi connectivity index (χ2v) is 6.21. The van der Waals surface area contributed by atoms with Gasteiger partial charge < -0.3 is 10.2 Å². The fraction of sp³-hybridized carbons (Fsp3) is 0.923. The standard InChI is InChI=1S/C13H22N2O/c1-8(2)3-13(16)15-11-4-9-5-12(15)7-10(6-11)14-9/h8-12,14H,3-7H2,1-2H3. The van der Waals surface area contributed by atoms with Crippen molar-refractivity contribution in [3.05, 3.63) is 0 Å². The van der Waals surface area contributed by atoms with E-state index in [9.17, 15) is 4.79 Å². The topological polar surface area (TPSA) is 32.3 Å². The SMILES string of the molecule is CC(C)CC(=O)N1C2CC3CC1CC(C2)N3. The Morgan fingerprint density at radius 1 is 1.19 bits per heavy atom. The summed E-state index contributed by atoms with van der Waals surface area (Å²) < 4.78 is 0. The van der Waals surface area contributed by atoms with Gasteiger partial charge in [0.05, 0.1) is 0 Å². The number of rotatable bonds is 2. The molecule has 0 aromatic heterocycles. The van der Waals surface area contributed by atoms with Crippen molar-refractivity contribution >= 4 is 5.91 Å². The molecule has 0 aromatic carbocycles. The Bertz CT molecular complexity index is 272. The molecule has 4 fully saturated rings. The third-order valence-electron chi connectivity index (χ3n) is 4.36. The molecule has 4 aliphatic heterocycles. The predicted molar refractivity (Wildman–Crippen MR) is 63.1 cm³/mol. The monoisotopic (exact) mass is 222 g/mol. The highest BCUT2D eigenvalue weighted by Crippen LogP contribution is 2.39. The number of hydrogen-bond donors (Lipinski definition) is 1. The van der Waals surface area contributed by atoms with Crippen molar-refractivity contribution in [2.45, 2.75) is 70.1 Å². The molecule has 4 saturated heterocycles. The highest BCUT2D eigenvalue weighted by atomic mass is 16.2. The van der Waals surface area contributed by atoms with E-state index in [2.05, 4.69) is 24.1 Å². The summed E-state index contributed by atoms with van der Waals surface area (Å²) in [5, 5.41) is 3.68. The number of amides is 1. The summed E-state index contributed by atoms with van der Waals surface area (Å²) in [5.41, 5.74) is 0. The van der Waals surface area contributed by atoms with E-state index in [0.717, 1.165) is 6.42 Å². The van der Waals surface area contributed by atoms with Gasteiger partial charge >= 0.3 is 0 Å². The lowest BCUT2D eigenvalue weighted by atomic mass is 9.74. The molecular formula is C13H22N2O. The Morgan fingerprint density at radius 2 is 1.69 bits per heavy atom. The zero-order valence-electron chi connectivity index (χ0n) is 10.3. The fourth-order valence-corrected chi connectivity index (χ4v) is 3.92. The van der Waals surface area contributed by atoms with Gasteiger partial charge in [0.15, 0.2) is 0 Å². The van der Waals surface area contributed by atoms with E-state index in [-0.39, 0.29) is 0 Å². The van der Waals surface area contributed by atoms with E-state index in [1.54, 1.807) is 0 Å². The number of carbonyl (C=O) groups is 1. The molecular weight excluding hydrogens is 200 g/mol. The summed E-state index contributed by atoms with van der Waals surface area (Å²) in [4.78, 5) is 14.5. The average Bonchev–Trinajstić information content (AvgIpc) is 2.13. The number of piperidine rings is 4. The van der Waals surface area contributed by atoms with Crippen LogP contribution in [0.15, 0.2) is 0 Å². The molecule has 0 unspecified atom stereocenters. The molecule has 0 aliphatic carbocycles. The van der Waals surface area contributed by atoms with Gasteiger partial charge in [-0.3, -0.25) is 4.79 Å². The summed E-state index contributed by atoms with van der Waals surface area (Å²) >= 11 is 0. The van der Waals surface area contributed by atoms with Gasteiger partial charge in [0, 0.05) is 30.6 Å². The van der Waals surface area contributed by atoms with Crippen LogP contribution < -0.4 is 5.32 Å². The molecule has 4 aliphatic rings. The van der Waals surface area contributed by atoms with Crippen LogP contribution in [-0.4, -0.2) is 35.0 Å². The van der Waals surface area contributed by atoms with Crippen LogP contribution in [0.25, 0.3) is 0 Å². The summed E-state index contributed by atoms with van der Waals surface area (Å²) in [6, 6.07) is 2.50. The van der Waals surface area contributed by atoms with Gasteiger partial charge in [-0.25, -0.2) is 0 Å². The Morgan fingerprint density at radius 3 is 2.12 bits per heavy atom. The van der Waals surface area contributed by atoms with Crippen molar-refractivity contribution in [2.75, 3.05) is 0 Å². The summed E-state index contributed by atoms with van der Waals surface area (Å²) in [6.07, 6.45) is 5.50. The molecule has 0 radical (unpaired) electrons. The molecule has 3 nitrogen and oxygen atoms in total. The van der Waals surface area contributed by atoms with Crippen LogP contribution in [0.2, 0.25) is 0 Å². The average molecular weight is 222 g/mol. The second-order valence-electron chi connectivity index (χ2n) is 6.21. The minimum atomic E-state index is 0.406. The van der Waals surface area contributed by atoms with E-state index >= 15 is 0 Å². The summed E-state index contributed by atoms with van der Waals surface area (Å²) in [5.74, 6) is 0.895. The summed E-state index contributed by atoms with van der Waals surface area (Å²) in [7, 11) is 0. The number of carbonyl (C=O) groups excluding carboxylic acids is 1. The van der Waals surface area contributed by atoms with Gasteiger partial charge in [-0.05, 0) is 31.6 Å². The third kappa shape index (κ3) is 1.65. The van der Waals surface area contributed by atoms with Gasteiger partial charge in [-0.2, -0.15) is 0 Å². The summed E-state index contributed by atoms with van der Waals surface area (Å²) in [6.45, 7) is 4.27. The largest absolute Gasteiger partial charge is 0.336 e. The fourth-order valence-electron chi connectivity index (χ4n) is 3.92. The molecule has 16 heavy (non-hydrogen) atoms. The Balaban J connectivity index is 1.74. The van der Waals surface area contributed by atoms with Gasteiger partial charge in [-0.15, -0.1) is 0 Å². The first kappa shape index (κ1) is 10.6. The molecule has 0 aromatic rings. The molecule has 4 rings (SSSR count). The lowest BCUT2D eigenvalue weighted by molar-refractivity contribution is -0.146. The maximum Gasteiger partial charge on any atom is 0.223 e.